The van der Waals surface area contributed by atoms with Crippen LogP contribution in [0.2, 0.25) is 0 Å². The van der Waals surface area contributed by atoms with Crippen molar-refractivity contribution in [3.63, 3.8) is 0 Å². The van der Waals surface area contributed by atoms with Crippen LogP contribution in [0.5, 0.6) is 0 Å². The molecule has 110 valence electrons. The standard InChI is InChI=1S/C16H24N2OS/c1-11-9-12(17-2)7-8-15(11)16(19)18-13-5-4-6-14(10-13)20-3/h7-9,13-14,17H,4-6,10H2,1-3H3,(H,18,19). The summed E-state index contributed by atoms with van der Waals surface area (Å²) in [4.78, 5) is 12.4. The van der Waals surface area contributed by atoms with Gasteiger partial charge in [0.1, 0.15) is 0 Å². The molecule has 1 amide bonds. The largest absolute Gasteiger partial charge is 0.388 e. The number of carbonyl (C=O) groups is 1. The Morgan fingerprint density at radius 2 is 2.15 bits per heavy atom. The molecule has 2 atom stereocenters. The van der Waals surface area contributed by atoms with Gasteiger partial charge in [-0.3, -0.25) is 4.79 Å². The fraction of sp³-hybridized carbons (Fsp3) is 0.562. The maximum Gasteiger partial charge on any atom is 0.251 e. The van der Waals surface area contributed by atoms with Crippen LogP contribution in [-0.2, 0) is 0 Å². The first kappa shape index (κ1) is 15.2. The van der Waals surface area contributed by atoms with Crippen molar-refractivity contribution in [2.75, 3.05) is 18.6 Å². The van der Waals surface area contributed by atoms with Gasteiger partial charge in [0.2, 0.25) is 0 Å². The van der Waals surface area contributed by atoms with Gasteiger partial charge in [-0.15, -0.1) is 0 Å². The van der Waals surface area contributed by atoms with Gasteiger partial charge in [0.15, 0.2) is 0 Å². The normalized spacial score (nSPS) is 22.4. The van der Waals surface area contributed by atoms with E-state index in [1.807, 2.05) is 43.9 Å². The average Bonchev–Trinajstić information content (AvgIpc) is 2.47. The number of carbonyl (C=O) groups excluding carboxylic acids is 1. The van der Waals surface area contributed by atoms with E-state index in [1.165, 1.54) is 12.8 Å². The van der Waals surface area contributed by atoms with Crippen LogP contribution in [0.3, 0.4) is 0 Å². The molecule has 0 spiro atoms. The minimum Gasteiger partial charge on any atom is -0.388 e. The topological polar surface area (TPSA) is 41.1 Å². The minimum atomic E-state index is 0.0666. The quantitative estimate of drug-likeness (QED) is 0.893. The van der Waals surface area contributed by atoms with E-state index in [0.29, 0.717) is 11.3 Å². The van der Waals surface area contributed by atoms with Gasteiger partial charge in [-0.25, -0.2) is 0 Å². The Labute approximate surface area is 125 Å². The van der Waals surface area contributed by atoms with Crippen molar-refractivity contribution >= 4 is 23.4 Å². The lowest BCUT2D eigenvalue weighted by Gasteiger charge is -2.28. The highest BCUT2D eigenvalue weighted by Gasteiger charge is 2.23. The van der Waals surface area contributed by atoms with E-state index in [2.05, 4.69) is 16.9 Å². The second-order valence-electron chi connectivity index (χ2n) is 5.47. The smallest absolute Gasteiger partial charge is 0.251 e. The molecule has 1 aliphatic carbocycles. The lowest BCUT2D eigenvalue weighted by Crippen LogP contribution is -2.39. The number of nitrogens with one attached hydrogen (secondary N) is 2. The highest BCUT2D eigenvalue weighted by atomic mass is 32.2. The Morgan fingerprint density at radius 1 is 1.35 bits per heavy atom. The zero-order valence-corrected chi connectivity index (χ0v) is 13.3. The average molecular weight is 292 g/mol. The number of hydrogen-bond acceptors (Lipinski definition) is 3. The third-order valence-electron chi connectivity index (χ3n) is 4.05. The molecule has 2 unspecified atom stereocenters. The Kier molecular flexibility index (Phi) is 5.35. The van der Waals surface area contributed by atoms with Crippen molar-refractivity contribution in [2.45, 2.75) is 43.9 Å². The van der Waals surface area contributed by atoms with Gasteiger partial charge in [0.05, 0.1) is 0 Å². The van der Waals surface area contributed by atoms with Crippen LogP contribution >= 0.6 is 11.8 Å². The molecule has 20 heavy (non-hydrogen) atoms. The van der Waals surface area contributed by atoms with Crippen molar-refractivity contribution in [3.8, 4) is 0 Å². The molecule has 0 saturated heterocycles. The van der Waals surface area contributed by atoms with Crippen LogP contribution in [-0.4, -0.2) is 30.5 Å². The first-order chi connectivity index (χ1) is 9.63. The van der Waals surface area contributed by atoms with Crippen molar-refractivity contribution < 1.29 is 4.79 Å². The van der Waals surface area contributed by atoms with Crippen molar-refractivity contribution in [1.29, 1.82) is 0 Å². The molecule has 1 saturated carbocycles. The summed E-state index contributed by atoms with van der Waals surface area (Å²) in [5.41, 5.74) is 2.85. The van der Waals surface area contributed by atoms with E-state index < -0.39 is 0 Å². The van der Waals surface area contributed by atoms with Crippen molar-refractivity contribution in [2.24, 2.45) is 0 Å². The Morgan fingerprint density at radius 3 is 2.80 bits per heavy atom. The lowest BCUT2D eigenvalue weighted by molar-refractivity contribution is 0.0928. The molecule has 0 heterocycles. The molecule has 2 N–H and O–H groups in total. The van der Waals surface area contributed by atoms with Gasteiger partial charge in [-0.05, 0) is 56.2 Å². The van der Waals surface area contributed by atoms with E-state index in [9.17, 15) is 4.79 Å². The van der Waals surface area contributed by atoms with E-state index in [1.54, 1.807) is 0 Å². The molecule has 0 aliphatic heterocycles. The molecule has 1 aromatic carbocycles. The van der Waals surface area contributed by atoms with Gasteiger partial charge in [-0.1, -0.05) is 6.42 Å². The Bertz CT molecular complexity index is 476. The third kappa shape index (κ3) is 3.69. The van der Waals surface area contributed by atoms with Gasteiger partial charge in [0.25, 0.3) is 5.91 Å². The zero-order valence-electron chi connectivity index (χ0n) is 12.5. The maximum absolute atomic E-state index is 12.4. The monoisotopic (exact) mass is 292 g/mol. The summed E-state index contributed by atoms with van der Waals surface area (Å²) in [7, 11) is 1.89. The van der Waals surface area contributed by atoms with E-state index in [0.717, 1.165) is 29.7 Å². The number of benzene rings is 1. The number of aryl methyl sites for hydroxylation is 1. The Hall–Kier alpha value is -1.16. The molecule has 3 nitrogen and oxygen atoms in total. The summed E-state index contributed by atoms with van der Waals surface area (Å²) in [5.74, 6) is 0.0666. The van der Waals surface area contributed by atoms with Crippen molar-refractivity contribution in [1.82, 2.24) is 5.32 Å². The molecule has 4 heteroatoms. The van der Waals surface area contributed by atoms with Crippen LogP contribution < -0.4 is 10.6 Å². The molecule has 1 fully saturated rings. The third-order valence-corrected chi connectivity index (χ3v) is 5.15. The first-order valence-electron chi connectivity index (χ1n) is 7.26. The van der Waals surface area contributed by atoms with Crippen LogP contribution in [0.4, 0.5) is 5.69 Å². The second-order valence-corrected chi connectivity index (χ2v) is 6.61. The van der Waals surface area contributed by atoms with Crippen LogP contribution in [0.15, 0.2) is 18.2 Å². The van der Waals surface area contributed by atoms with Gasteiger partial charge >= 0.3 is 0 Å². The molecular weight excluding hydrogens is 268 g/mol. The fourth-order valence-electron chi connectivity index (χ4n) is 2.83. The number of amides is 1. The SMILES string of the molecule is CNc1ccc(C(=O)NC2CCCC(SC)C2)c(C)c1. The number of anilines is 1. The summed E-state index contributed by atoms with van der Waals surface area (Å²) < 4.78 is 0. The summed E-state index contributed by atoms with van der Waals surface area (Å²) in [6, 6.07) is 6.20. The maximum atomic E-state index is 12.4. The van der Waals surface area contributed by atoms with Crippen LogP contribution in [0, 0.1) is 6.92 Å². The van der Waals surface area contributed by atoms with E-state index in [4.69, 9.17) is 0 Å². The predicted molar refractivity (Wildman–Crippen MR) is 87.8 cm³/mol. The van der Waals surface area contributed by atoms with Crippen LogP contribution in [0.1, 0.15) is 41.6 Å². The number of hydrogen-bond donors (Lipinski definition) is 2. The molecule has 1 aromatic rings. The first-order valence-corrected chi connectivity index (χ1v) is 8.55. The van der Waals surface area contributed by atoms with Gasteiger partial charge < -0.3 is 10.6 Å². The molecular formula is C16H24N2OS. The Balaban J connectivity index is 2.01. The van der Waals surface area contributed by atoms with Crippen LogP contribution in [0.25, 0.3) is 0 Å². The predicted octanol–water partition coefficient (Wildman–Crippen LogP) is 3.44. The van der Waals surface area contributed by atoms with Gasteiger partial charge in [-0.2, -0.15) is 11.8 Å². The highest BCUT2D eigenvalue weighted by molar-refractivity contribution is 7.99. The number of thioether (sulfide) groups is 1. The minimum absolute atomic E-state index is 0.0666. The lowest BCUT2D eigenvalue weighted by atomic mass is 9.94. The second kappa shape index (κ2) is 7.02. The van der Waals surface area contributed by atoms with Crippen molar-refractivity contribution in [3.05, 3.63) is 29.3 Å². The van der Waals surface area contributed by atoms with E-state index in [-0.39, 0.29) is 5.91 Å². The molecule has 0 bridgehead atoms. The number of rotatable bonds is 4. The summed E-state index contributed by atoms with van der Waals surface area (Å²) >= 11 is 1.92. The molecule has 1 aliphatic rings. The zero-order chi connectivity index (χ0) is 14.5. The van der Waals surface area contributed by atoms with E-state index >= 15 is 0 Å². The summed E-state index contributed by atoms with van der Waals surface area (Å²) in [5, 5.41) is 7.00. The summed E-state index contributed by atoms with van der Waals surface area (Å²) in [6.07, 6.45) is 6.87. The highest BCUT2D eigenvalue weighted by Crippen LogP contribution is 2.27. The molecule has 2 rings (SSSR count). The summed E-state index contributed by atoms with van der Waals surface area (Å²) in [6.45, 7) is 1.99. The fourth-order valence-corrected chi connectivity index (χ4v) is 3.65. The molecule has 0 radical (unpaired) electrons. The molecule has 0 aromatic heterocycles. The van der Waals surface area contributed by atoms with Gasteiger partial charge in [0, 0.05) is 29.6 Å².